The first-order valence-corrected chi connectivity index (χ1v) is 5.81. The molecule has 1 heterocycles. The van der Waals surface area contributed by atoms with Crippen molar-refractivity contribution in [2.24, 2.45) is 5.92 Å². The van der Waals surface area contributed by atoms with Gasteiger partial charge in [0.05, 0.1) is 0 Å². The molecule has 18 heavy (non-hydrogen) atoms. The first kappa shape index (κ1) is 14.4. The number of hydrogen-bond donors (Lipinski definition) is 2. The summed E-state index contributed by atoms with van der Waals surface area (Å²) in [6.45, 7) is 3.76. The van der Waals surface area contributed by atoms with Gasteiger partial charge in [0.1, 0.15) is 6.04 Å². The summed E-state index contributed by atoms with van der Waals surface area (Å²) >= 11 is 5.54. The lowest BCUT2D eigenvalue weighted by Gasteiger charge is -2.15. The minimum atomic E-state index is -1.07. The Morgan fingerprint density at radius 1 is 1.39 bits per heavy atom. The lowest BCUT2D eigenvalue weighted by atomic mass is 10.0. The fourth-order valence-electron chi connectivity index (χ4n) is 1.36. The lowest BCUT2D eigenvalue weighted by molar-refractivity contribution is -0.139. The fraction of sp³-hybridized carbons (Fsp3) is 0.455. The average molecular weight is 272 g/mol. The molecule has 1 amide bonds. The number of nitrogens with zero attached hydrogens (tertiary/aromatic N) is 2. The highest BCUT2D eigenvalue weighted by molar-refractivity contribution is 6.29. The third-order valence-electron chi connectivity index (χ3n) is 2.18. The van der Waals surface area contributed by atoms with E-state index in [0.29, 0.717) is 6.42 Å². The Hall–Kier alpha value is -1.69. The van der Waals surface area contributed by atoms with E-state index in [2.05, 4.69) is 15.5 Å². The summed E-state index contributed by atoms with van der Waals surface area (Å²) < 4.78 is 0. The maximum atomic E-state index is 11.7. The molecule has 0 spiro atoms. The Balaban J connectivity index is 2.72. The quantitative estimate of drug-likeness (QED) is 0.843. The molecule has 0 bridgehead atoms. The van der Waals surface area contributed by atoms with Crippen molar-refractivity contribution >= 4 is 23.5 Å². The van der Waals surface area contributed by atoms with Crippen molar-refractivity contribution in [3.63, 3.8) is 0 Å². The maximum Gasteiger partial charge on any atom is 0.326 e. The van der Waals surface area contributed by atoms with Crippen LogP contribution in [0.5, 0.6) is 0 Å². The molecule has 0 aliphatic rings. The van der Waals surface area contributed by atoms with Crippen molar-refractivity contribution in [1.82, 2.24) is 15.5 Å². The van der Waals surface area contributed by atoms with Crippen LogP contribution in [0.15, 0.2) is 12.1 Å². The van der Waals surface area contributed by atoms with Crippen molar-refractivity contribution in [3.8, 4) is 0 Å². The van der Waals surface area contributed by atoms with Gasteiger partial charge in [0.2, 0.25) is 0 Å². The van der Waals surface area contributed by atoms with Crippen molar-refractivity contribution < 1.29 is 14.7 Å². The normalized spacial score (nSPS) is 12.2. The SMILES string of the molecule is CC(C)C[C@H](NC(=O)c1ccc(Cl)nn1)C(=O)O. The molecule has 0 radical (unpaired) electrons. The monoisotopic (exact) mass is 271 g/mol. The molecule has 7 heteroatoms. The number of rotatable bonds is 5. The number of carbonyl (C=O) groups is 2. The summed E-state index contributed by atoms with van der Waals surface area (Å²) in [6, 6.07) is 1.87. The van der Waals surface area contributed by atoms with E-state index in [0.717, 1.165) is 0 Å². The Kier molecular flexibility index (Phi) is 5.03. The molecular formula is C11H14ClN3O3. The molecular weight excluding hydrogens is 258 g/mol. The predicted octanol–water partition coefficient (Wildman–Crippen LogP) is 1.36. The first-order valence-electron chi connectivity index (χ1n) is 5.43. The van der Waals surface area contributed by atoms with E-state index in [4.69, 9.17) is 16.7 Å². The molecule has 1 aromatic rings. The number of aliphatic carboxylic acids is 1. The fourth-order valence-corrected chi connectivity index (χ4v) is 1.46. The summed E-state index contributed by atoms with van der Waals surface area (Å²) in [5.74, 6) is -1.49. The maximum absolute atomic E-state index is 11.7. The second-order valence-electron chi connectivity index (χ2n) is 4.24. The van der Waals surface area contributed by atoms with Crippen LogP contribution in [0.4, 0.5) is 0 Å². The molecule has 0 aliphatic carbocycles. The molecule has 1 aromatic heterocycles. The molecule has 0 aliphatic heterocycles. The second kappa shape index (κ2) is 6.30. The van der Waals surface area contributed by atoms with E-state index in [1.807, 2.05) is 13.8 Å². The van der Waals surface area contributed by atoms with Gasteiger partial charge in [-0.15, -0.1) is 10.2 Å². The van der Waals surface area contributed by atoms with Crippen LogP contribution in [-0.4, -0.2) is 33.2 Å². The molecule has 98 valence electrons. The van der Waals surface area contributed by atoms with Gasteiger partial charge in [0.15, 0.2) is 10.8 Å². The number of amides is 1. The number of carboxylic acid groups (broad SMARTS) is 1. The summed E-state index contributed by atoms with van der Waals surface area (Å²) in [5.41, 5.74) is 0.0365. The third-order valence-corrected chi connectivity index (χ3v) is 2.38. The Bertz CT molecular complexity index is 434. The predicted molar refractivity (Wildman–Crippen MR) is 65.4 cm³/mol. The van der Waals surface area contributed by atoms with E-state index >= 15 is 0 Å². The zero-order valence-corrected chi connectivity index (χ0v) is 10.8. The van der Waals surface area contributed by atoms with E-state index in [9.17, 15) is 9.59 Å². The molecule has 0 fully saturated rings. The van der Waals surface area contributed by atoms with Crippen LogP contribution in [0.3, 0.4) is 0 Å². The van der Waals surface area contributed by atoms with Crippen LogP contribution in [0.1, 0.15) is 30.8 Å². The standard InChI is InChI=1S/C11H14ClN3O3/c1-6(2)5-8(11(17)18)13-10(16)7-3-4-9(12)15-14-7/h3-4,6,8H,5H2,1-2H3,(H,13,16)(H,17,18)/t8-/m0/s1. The van der Waals surface area contributed by atoms with Gasteiger partial charge in [-0.1, -0.05) is 25.4 Å². The number of carbonyl (C=O) groups excluding carboxylic acids is 1. The Morgan fingerprint density at radius 3 is 2.50 bits per heavy atom. The van der Waals surface area contributed by atoms with E-state index in [1.165, 1.54) is 12.1 Å². The smallest absolute Gasteiger partial charge is 0.326 e. The zero-order valence-electron chi connectivity index (χ0n) is 10.1. The van der Waals surface area contributed by atoms with Crippen LogP contribution in [0.2, 0.25) is 5.15 Å². The van der Waals surface area contributed by atoms with Gasteiger partial charge in [-0.2, -0.15) is 0 Å². The number of aromatic nitrogens is 2. The summed E-state index contributed by atoms with van der Waals surface area (Å²) in [6.07, 6.45) is 0.349. The summed E-state index contributed by atoms with van der Waals surface area (Å²) in [4.78, 5) is 22.7. The van der Waals surface area contributed by atoms with Crippen molar-refractivity contribution in [1.29, 1.82) is 0 Å². The van der Waals surface area contributed by atoms with Crippen LogP contribution < -0.4 is 5.32 Å². The minimum Gasteiger partial charge on any atom is -0.480 e. The topological polar surface area (TPSA) is 92.2 Å². The van der Waals surface area contributed by atoms with Crippen LogP contribution in [0, 0.1) is 5.92 Å². The number of carboxylic acids is 1. The molecule has 0 saturated heterocycles. The zero-order chi connectivity index (χ0) is 13.7. The highest BCUT2D eigenvalue weighted by Gasteiger charge is 2.22. The second-order valence-corrected chi connectivity index (χ2v) is 4.62. The van der Waals surface area contributed by atoms with Gasteiger partial charge >= 0.3 is 5.97 Å². The summed E-state index contributed by atoms with van der Waals surface area (Å²) in [7, 11) is 0. The number of nitrogens with one attached hydrogen (secondary N) is 1. The Morgan fingerprint density at radius 2 is 2.06 bits per heavy atom. The molecule has 6 nitrogen and oxygen atoms in total. The van der Waals surface area contributed by atoms with Gasteiger partial charge in [0.25, 0.3) is 5.91 Å². The van der Waals surface area contributed by atoms with E-state index in [-0.39, 0.29) is 16.8 Å². The van der Waals surface area contributed by atoms with Gasteiger partial charge < -0.3 is 10.4 Å². The third kappa shape index (κ3) is 4.29. The van der Waals surface area contributed by atoms with E-state index in [1.54, 1.807) is 0 Å². The molecule has 0 unspecified atom stereocenters. The molecule has 1 atom stereocenters. The van der Waals surface area contributed by atoms with Gasteiger partial charge in [-0.05, 0) is 24.5 Å². The Labute approximate surface area is 109 Å². The van der Waals surface area contributed by atoms with Gasteiger partial charge in [-0.25, -0.2) is 4.79 Å². The first-order chi connectivity index (χ1) is 8.40. The van der Waals surface area contributed by atoms with Gasteiger partial charge in [0, 0.05) is 0 Å². The molecule has 2 N–H and O–H groups in total. The molecule has 1 rings (SSSR count). The lowest BCUT2D eigenvalue weighted by Crippen LogP contribution is -2.42. The molecule has 0 saturated carbocycles. The van der Waals surface area contributed by atoms with Gasteiger partial charge in [-0.3, -0.25) is 4.79 Å². The van der Waals surface area contributed by atoms with Crippen LogP contribution in [0.25, 0.3) is 0 Å². The molecule has 0 aromatic carbocycles. The number of hydrogen-bond acceptors (Lipinski definition) is 4. The number of halogens is 1. The van der Waals surface area contributed by atoms with Crippen LogP contribution in [-0.2, 0) is 4.79 Å². The van der Waals surface area contributed by atoms with Crippen molar-refractivity contribution in [2.45, 2.75) is 26.3 Å². The largest absolute Gasteiger partial charge is 0.480 e. The average Bonchev–Trinajstić information content (AvgIpc) is 2.28. The minimum absolute atomic E-state index is 0.0365. The summed E-state index contributed by atoms with van der Waals surface area (Å²) in [5, 5.41) is 18.7. The highest BCUT2D eigenvalue weighted by Crippen LogP contribution is 2.07. The van der Waals surface area contributed by atoms with E-state index < -0.39 is 17.9 Å². The van der Waals surface area contributed by atoms with Crippen molar-refractivity contribution in [2.75, 3.05) is 0 Å². The van der Waals surface area contributed by atoms with Crippen LogP contribution >= 0.6 is 11.6 Å². The van der Waals surface area contributed by atoms with Crippen molar-refractivity contribution in [3.05, 3.63) is 23.0 Å². The highest BCUT2D eigenvalue weighted by atomic mass is 35.5.